The Bertz CT molecular complexity index is 781. The van der Waals surface area contributed by atoms with Gasteiger partial charge in [-0.15, -0.1) is 0 Å². The van der Waals surface area contributed by atoms with Crippen LogP contribution in [0.25, 0.3) is 0 Å². The predicted octanol–water partition coefficient (Wildman–Crippen LogP) is 3.80. The van der Waals surface area contributed by atoms with Crippen molar-refractivity contribution in [3.05, 3.63) is 70.0 Å². The maximum absolute atomic E-state index is 13.7. The summed E-state index contributed by atoms with van der Waals surface area (Å²) in [6.07, 6.45) is -0.431. The van der Waals surface area contributed by atoms with Gasteiger partial charge in [0.2, 0.25) is 5.82 Å². The monoisotopic (exact) mass is 359 g/mol. The smallest absolute Gasteiger partial charge is 0.274 e. The third kappa shape index (κ3) is 3.79. The molecule has 0 fully saturated rings. The first-order valence-electron chi connectivity index (χ1n) is 7.19. The van der Waals surface area contributed by atoms with Crippen molar-refractivity contribution in [3.63, 3.8) is 0 Å². The number of hydrogen-bond donors (Lipinski definition) is 0. The van der Waals surface area contributed by atoms with Crippen LogP contribution in [0.2, 0.25) is 0 Å². The molecule has 0 aliphatic heterocycles. The van der Waals surface area contributed by atoms with Gasteiger partial charge >= 0.3 is 0 Å². The number of benzene rings is 2. The van der Waals surface area contributed by atoms with Crippen LogP contribution in [0.5, 0.6) is 0 Å². The molecule has 0 spiro atoms. The third-order valence-corrected chi connectivity index (χ3v) is 3.70. The minimum Gasteiger partial charge on any atom is -0.274 e. The van der Waals surface area contributed by atoms with Crippen LogP contribution in [0.1, 0.15) is 21.5 Å². The Morgan fingerprint density at radius 2 is 1.52 bits per heavy atom. The van der Waals surface area contributed by atoms with E-state index >= 15 is 0 Å². The van der Waals surface area contributed by atoms with Gasteiger partial charge in [0.1, 0.15) is 0 Å². The summed E-state index contributed by atoms with van der Waals surface area (Å²) in [5, 5.41) is 0.989. The zero-order valence-corrected chi connectivity index (χ0v) is 13.4. The summed E-state index contributed by atoms with van der Waals surface area (Å²) in [5.41, 5.74) is -0.124. The lowest BCUT2D eigenvalue weighted by molar-refractivity contribution is -0.0757. The Morgan fingerprint density at radius 1 is 0.960 bits per heavy atom. The van der Waals surface area contributed by atoms with Crippen LogP contribution in [0, 0.1) is 29.1 Å². The van der Waals surface area contributed by atoms with Gasteiger partial charge in [-0.3, -0.25) is 9.63 Å². The van der Waals surface area contributed by atoms with E-state index in [9.17, 15) is 26.7 Å². The molecular formula is C17H14F5NO2. The van der Waals surface area contributed by atoms with Crippen molar-refractivity contribution in [1.29, 1.82) is 0 Å². The van der Waals surface area contributed by atoms with Gasteiger partial charge in [-0.2, -0.15) is 0 Å². The molecule has 25 heavy (non-hydrogen) atoms. The maximum Gasteiger partial charge on any atom is 0.277 e. The van der Waals surface area contributed by atoms with Crippen LogP contribution in [-0.2, 0) is 17.7 Å². The molecule has 0 aromatic heterocycles. The first-order chi connectivity index (χ1) is 11.8. The van der Waals surface area contributed by atoms with Crippen LogP contribution < -0.4 is 0 Å². The molecule has 2 aromatic rings. The van der Waals surface area contributed by atoms with Crippen molar-refractivity contribution in [3.8, 4) is 0 Å². The number of amides is 1. The van der Waals surface area contributed by atoms with E-state index in [0.717, 1.165) is 5.06 Å². The summed E-state index contributed by atoms with van der Waals surface area (Å²) in [7, 11) is 2.72. The van der Waals surface area contributed by atoms with E-state index in [4.69, 9.17) is 4.84 Å². The lowest BCUT2D eigenvalue weighted by Gasteiger charge is -2.14. The average Bonchev–Trinajstić information content (AvgIpc) is 2.63. The summed E-state index contributed by atoms with van der Waals surface area (Å²) in [6.45, 7) is 0. The quantitative estimate of drug-likeness (QED) is 0.352. The highest BCUT2D eigenvalue weighted by molar-refractivity contribution is 5.93. The van der Waals surface area contributed by atoms with Crippen molar-refractivity contribution in [2.45, 2.75) is 12.8 Å². The van der Waals surface area contributed by atoms with E-state index in [0.29, 0.717) is 5.56 Å². The number of carbonyl (C=O) groups excluding carboxylic acids is 1. The number of halogens is 5. The van der Waals surface area contributed by atoms with E-state index < -0.39 is 47.0 Å². The molecule has 2 rings (SSSR count). The molecule has 0 atom stereocenters. The molecule has 134 valence electrons. The third-order valence-electron chi connectivity index (χ3n) is 3.70. The van der Waals surface area contributed by atoms with E-state index in [1.807, 2.05) is 0 Å². The number of hydroxylamine groups is 2. The van der Waals surface area contributed by atoms with Crippen LogP contribution in [0.4, 0.5) is 22.0 Å². The Kier molecular flexibility index (Phi) is 5.73. The SMILES string of the molecule is CON(C)C(=O)c1cccc(CCc2c(F)c(F)c(F)c(F)c2F)c1. The molecule has 1 amide bonds. The fraction of sp³-hybridized carbons (Fsp3) is 0.235. The zero-order valence-electron chi connectivity index (χ0n) is 13.4. The van der Waals surface area contributed by atoms with E-state index in [-0.39, 0.29) is 12.0 Å². The standard InChI is InChI=1S/C17H14F5NO2/c1-23(25-2)17(24)10-5-3-4-9(8-10)6-7-11-12(18)14(20)16(22)15(21)13(11)19/h3-5,8H,6-7H2,1-2H3. The summed E-state index contributed by atoms with van der Waals surface area (Å²) in [6, 6.07) is 6.10. The number of hydrogen-bond acceptors (Lipinski definition) is 2. The molecular weight excluding hydrogens is 345 g/mol. The minimum absolute atomic E-state index is 0.0177. The topological polar surface area (TPSA) is 29.5 Å². The molecule has 0 aliphatic rings. The fourth-order valence-corrected chi connectivity index (χ4v) is 2.26. The number of aryl methyl sites for hydroxylation is 1. The first-order valence-corrected chi connectivity index (χ1v) is 7.19. The van der Waals surface area contributed by atoms with Crippen molar-refractivity contribution in [2.24, 2.45) is 0 Å². The molecule has 0 heterocycles. The number of nitrogens with zero attached hydrogens (tertiary/aromatic N) is 1. The van der Waals surface area contributed by atoms with Gasteiger partial charge < -0.3 is 0 Å². The maximum atomic E-state index is 13.7. The molecule has 2 aromatic carbocycles. The summed E-state index contributed by atoms with van der Waals surface area (Å²) < 4.78 is 66.8. The Hall–Kier alpha value is -2.48. The lowest BCUT2D eigenvalue weighted by atomic mass is 10.0. The molecule has 0 unspecified atom stereocenters. The first kappa shape index (κ1) is 18.9. The second-order valence-electron chi connectivity index (χ2n) is 5.23. The van der Waals surface area contributed by atoms with Crippen LogP contribution >= 0.6 is 0 Å². The predicted molar refractivity (Wildman–Crippen MR) is 79.2 cm³/mol. The number of carbonyl (C=O) groups is 1. The van der Waals surface area contributed by atoms with Crippen molar-refractivity contribution in [2.75, 3.05) is 14.2 Å². The molecule has 8 heteroatoms. The van der Waals surface area contributed by atoms with Crippen molar-refractivity contribution in [1.82, 2.24) is 5.06 Å². The molecule has 0 aliphatic carbocycles. The largest absolute Gasteiger partial charge is 0.277 e. The average molecular weight is 359 g/mol. The van der Waals surface area contributed by atoms with Crippen LogP contribution in [0.3, 0.4) is 0 Å². The van der Waals surface area contributed by atoms with Gasteiger partial charge in [-0.05, 0) is 30.5 Å². The van der Waals surface area contributed by atoms with Gasteiger partial charge in [0.05, 0.1) is 7.11 Å². The van der Waals surface area contributed by atoms with Gasteiger partial charge in [0.15, 0.2) is 23.3 Å². The van der Waals surface area contributed by atoms with Crippen LogP contribution in [0.15, 0.2) is 24.3 Å². The van der Waals surface area contributed by atoms with Gasteiger partial charge in [-0.25, -0.2) is 27.0 Å². The van der Waals surface area contributed by atoms with Gasteiger partial charge in [-0.1, -0.05) is 12.1 Å². The lowest BCUT2D eigenvalue weighted by Crippen LogP contribution is -2.25. The highest BCUT2D eigenvalue weighted by atomic mass is 19.2. The highest BCUT2D eigenvalue weighted by Gasteiger charge is 2.25. The highest BCUT2D eigenvalue weighted by Crippen LogP contribution is 2.24. The van der Waals surface area contributed by atoms with Gasteiger partial charge in [0.25, 0.3) is 5.91 Å². The minimum atomic E-state index is -2.19. The van der Waals surface area contributed by atoms with E-state index in [2.05, 4.69) is 0 Å². The fourth-order valence-electron chi connectivity index (χ4n) is 2.26. The van der Waals surface area contributed by atoms with Crippen molar-refractivity contribution < 1.29 is 31.6 Å². The Balaban J connectivity index is 2.25. The molecule has 0 saturated heterocycles. The Labute approximate surface area is 140 Å². The van der Waals surface area contributed by atoms with Crippen molar-refractivity contribution >= 4 is 5.91 Å². The Morgan fingerprint density at radius 3 is 2.08 bits per heavy atom. The molecule has 0 saturated carbocycles. The zero-order chi connectivity index (χ0) is 18.7. The summed E-state index contributed by atoms with van der Waals surface area (Å²) >= 11 is 0. The summed E-state index contributed by atoms with van der Waals surface area (Å²) in [4.78, 5) is 16.7. The van der Waals surface area contributed by atoms with Crippen LogP contribution in [-0.4, -0.2) is 25.1 Å². The van der Waals surface area contributed by atoms with E-state index in [1.54, 1.807) is 12.1 Å². The molecule has 0 N–H and O–H groups in total. The molecule has 0 radical (unpaired) electrons. The molecule has 3 nitrogen and oxygen atoms in total. The summed E-state index contributed by atoms with van der Waals surface area (Å²) in [5.74, 6) is -10.3. The van der Waals surface area contributed by atoms with Gasteiger partial charge in [0, 0.05) is 18.2 Å². The molecule has 0 bridgehead atoms. The van der Waals surface area contributed by atoms with E-state index in [1.165, 1.54) is 26.3 Å². The second-order valence-corrected chi connectivity index (χ2v) is 5.23. The second kappa shape index (κ2) is 7.60. The normalized spacial score (nSPS) is 10.8. The number of rotatable bonds is 5.